The molecule has 0 spiro atoms. The largest absolute Gasteiger partial charge is 0.466 e. The number of anilines is 1. The summed E-state index contributed by atoms with van der Waals surface area (Å²) in [6, 6.07) is 3.93. The average Bonchev–Trinajstić information content (AvgIpc) is 2.82. The first-order chi connectivity index (χ1) is 15.8. The lowest BCUT2D eigenvalue weighted by atomic mass is 9.90. The molecule has 3 rings (SSSR count). The van der Waals surface area contributed by atoms with Crippen molar-refractivity contribution in [3.05, 3.63) is 69.3 Å². The van der Waals surface area contributed by atoms with Crippen molar-refractivity contribution in [2.45, 2.75) is 39.2 Å². The number of hydrogen-bond acceptors (Lipinski definition) is 6. The zero-order valence-electron chi connectivity index (χ0n) is 18.6. The van der Waals surface area contributed by atoms with Gasteiger partial charge in [-0.2, -0.15) is 0 Å². The van der Waals surface area contributed by atoms with E-state index in [2.05, 4.69) is 4.98 Å². The highest BCUT2D eigenvalue weighted by molar-refractivity contribution is 6.33. The minimum absolute atomic E-state index is 0.0321. The molecule has 1 heterocycles. The first kappa shape index (κ1) is 24.4. The van der Waals surface area contributed by atoms with Crippen LogP contribution in [0.5, 0.6) is 0 Å². The molecule has 2 aromatic rings. The zero-order chi connectivity index (χ0) is 24.1. The number of pyridine rings is 1. The maximum absolute atomic E-state index is 15.1. The van der Waals surface area contributed by atoms with Gasteiger partial charge >= 0.3 is 11.9 Å². The number of halogens is 2. The van der Waals surface area contributed by atoms with Gasteiger partial charge in [0.15, 0.2) is 0 Å². The molecule has 0 saturated heterocycles. The third kappa shape index (κ3) is 5.22. The van der Waals surface area contributed by atoms with Crippen LogP contribution < -0.4 is 4.90 Å². The van der Waals surface area contributed by atoms with E-state index in [0.717, 1.165) is 18.1 Å². The van der Waals surface area contributed by atoms with Crippen molar-refractivity contribution in [1.29, 1.82) is 0 Å². The number of benzene rings is 1. The smallest absolute Gasteiger partial charge is 0.339 e. The van der Waals surface area contributed by atoms with Crippen molar-refractivity contribution in [1.82, 2.24) is 4.98 Å². The molecule has 33 heavy (non-hydrogen) atoms. The summed E-state index contributed by atoms with van der Waals surface area (Å²) in [6.45, 7) is 1.81. The van der Waals surface area contributed by atoms with Crippen molar-refractivity contribution >= 4 is 35.1 Å². The van der Waals surface area contributed by atoms with Crippen molar-refractivity contribution < 1.29 is 28.2 Å². The van der Waals surface area contributed by atoms with Crippen LogP contribution >= 0.6 is 11.6 Å². The predicted molar refractivity (Wildman–Crippen MR) is 120 cm³/mol. The van der Waals surface area contributed by atoms with Gasteiger partial charge in [0.05, 0.1) is 37.0 Å². The minimum atomic E-state index is -0.793. The van der Waals surface area contributed by atoms with Gasteiger partial charge in [0.2, 0.25) is 0 Å². The number of nitrogens with zero attached hydrogens (tertiary/aromatic N) is 2. The monoisotopic (exact) mass is 474 g/mol. The van der Waals surface area contributed by atoms with Crippen LogP contribution in [0.25, 0.3) is 0 Å². The first-order valence-electron chi connectivity index (χ1n) is 10.4. The summed E-state index contributed by atoms with van der Waals surface area (Å²) in [5.41, 5.74) is 1.83. The molecular formula is C24H24ClFN2O5. The molecule has 7 nitrogen and oxygen atoms in total. The molecule has 1 aliphatic carbocycles. The number of hydrogen-bond donors (Lipinski definition) is 0. The Hall–Kier alpha value is -3.26. The van der Waals surface area contributed by atoms with Gasteiger partial charge in [-0.25, -0.2) is 14.0 Å². The molecule has 9 heteroatoms. The molecule has 0 N–H and O–H groups in total. The molecule has 0 saturated carbocycles. The first-order valence-corrected chi connectivity index (χ1v) is 10.7. The quantitative estimate of drug-likeness (QED) is 0.571. The van der Waals surface area contributed by atoms with Gasteiger partial charge in [-0.05, 0) is 61.9 Å². The van der Waals surface area contributed by atoms with Crippen molar-refractivity contribution in [3.63, 3.8) is 0 Å². The summed E-state index contributed by atoms with van der Waals surface area (Å²) in [4.78, 5) is 43.6. The Morgan fingerprint density at radius 3 is 2.39 bits per heavy atom. The second-order valence-corrected chi connectivity index (χ2v) is 8.03. The third-order valence-corrected chi connectivity index (χ3v) is 5.92. The Morgan fingerprint density at radius 2 is 1.76 bits per heavy atom. The van der Waals surface area contributed by atoms with E-state index in [4.69, 9.17) is 21.1 Å². The van der Waals surface area contributed by atoms with Crippen LogP contribution in [-0.4, -0.2) is 37.0 Å². The number of carbonyl (C=O) groups excluding carboxylic acids is 3. The number of amides is 1. The van der Waals surface area contributed by atoms with Crippen molar-refractivity contribution in [3.8, 4) is 0 Å². The molecule has 0 aliphatic heterocycles. The van der Waals surface area contributed by atoms with Crippen LogP contribution in [0.15, 0.2) is 41.7 Å². The number of aryl methyl sites for hydroxylation is 1. The van der Waals surface area contributed by atoms with E-state index >= 15 is 4.39 Å². The second kappa shape index (κ2) is 10.6. The normalized spacial score (nSPS) is 13.5. The molecular weight excluding hydrogens is 451 g/mol. The van der Waals surface area contributed by atoms with Gasteiger partial charge in [0.1, 0.15) is 5.82 Å². The average molecular weight is 475 g/mol. The molecule has 1 aromatic heterocycles. The fourth-order valence-electron chi connectivity index (χ4n) is 3.76. The highest BCUT2D eigenvalue weighted by atomic mass is 35.5. The number of methoxy groups -OCH3 is 2. The lowest BCUT2D eigenvalue weighted by molar-refractivity contribution is -0.136. The summed E-state index contributed by atoms with van der Waals surface area (Å²) in [5.74, 6) is -2.69. The molecule has 1 aromatic carbocycles. The van der Waals surface area contributed by atoms with E-state index in [9.17, 15) is 14.4 Å². The van der Waals surface area contributed by atoms with Gasteiger partial charge in [-0.3, -0.25) is 9.78 Å². The lowest BCUT2D eigenvalue weighted by Gasteiger charge is -2.28. The summed E-state index contributed by atoms with van der Waals surface area (Å²) in [6.07, 6.45) is 5.39. The molecule has 0 bridgehead atoms. The van der Waals surface area contributed by atoms with Gasteiger partial charge in [0.25, 0.3) is 5.91 Å². The van der Waals surface area contributed by atoms with Crippen LogP contribution in [0.3, 0.4) is 0 Å². The highest BCUT2D eigenvalue weighted by Crippen LogP contribution is 2.33. The van der Waals surface area contributed by atoms with E-state index in [1.54, 1.807) is 18.5 Å². The second-order valence-electron chi connectivity index (χ2n) is 7.62. The van der Waals surface area contributed by atoms with Crippen molar-refractivity contribution in [2.75, 3.05) is 19.1 Å². The molecule has 0 unspecified atom stereocenters. The Morgan fingerprint density at radius 1 is 1.09 bits per heavy atom. The third-order valence-electron chi connectivity index (χ3n) is 5.61. The predicted octanol–water partition coefficient (Wildman–Crippen LogP) is 4.55. The number of ether oxygens (including phenoxy) is 2. The van der Waals surface area contributed by atoms with E-state index in [1.165, 1.54) is 25.2 Å². The summed E-state index contributed by atoms with van der Waals surface area (Å²) < 4.78 is 24.8. The summed E-state index contributed by atoms with van der Waals surface area (Å²) in [7, 11) is 2.43. The number of aromatic nitrogens is 1. The molecule has 0 atom stereocenters. The number of esters is 2. The van der Waals surface area contributed by atoms with Crippen LogP contribution in [-0.2, 0) is 25.6 Å². The van der Waals surface area contributed by atoms with Gasteiger partial charge in [-0.1, -0.05) is 11.6 Å². The molecule has 1 amide bonds. The number of carbonyl (C=O) groups is 3. The van der Waals surface area contributed by atoms with Gasteiger partial charge in [-0.15, -0.1) is 0 Å². The Balaban J connectivity index is 2.18. The van der Waals surface area contributed by atoms with E-state index in [0.29, 0.717) is 24.8 Å². The number of rotatable bonds is 6. The van der Waals surface area contributed by atoms with E-state index in [1.807, 2.05) is 6.92 Å². The Kier molecular flexibility index (Phi) is 7.81. The lowest BCUT2D eigenvalue weighted by Crippen LogP contribution is -2.35. The maximum atomic E-state index is 15.1. The van der Waals surface area contributed by atoms with Crippen LogP contribution in [0.2, 0.25) is 5.02 Å². The van der Waals surface area contributed by atoms with Crippen LogP contribution in [0.1, 0.15) is 47.2 Å². The summed E-state index contributed by atoms with van der Waals surface area (Å²) >= 11 is 6.05. The molecule has 174 valence electrons. The topological polar surface area (TPSA) is 85.8 Å². The fraction of sp³-hybridized carbons (Fsp3) is 0.333. The van der Waals surface area contributed by atoms with Gasteiger partial charge in [0, 0.05) is 23.5 Å². The fourth-order valence-corrected chi connectivity index (χ4v) is 3.99. The standard InChI is InChI=1S/C24H24ClFN2O5/c1-14-8-9-27-12-15(14)13-28(21-10-18(24(31)33-3)19(25)11-20(21)26)22(29)16-6-4-5-7-17(16)23(30)32-2/h8-12H,4-7,13H2,1-3H3. The molecule has 1 aliphatic rings. The van der Waals surface area contributed by atoms with Crippen LogP contribution in [0.4, 0.5) is 10.1 Å². The Bertz CT molecular complexity index is 1130. The molecule has 0 radical (unpaired) electrons. The van der Waals surface area contributed by atoms with Crippen molar-refractivity contribution in [2.24, 2.45) is 0 Å². The van der Waals surface area contributed by atoms with Gasteiger partial charge < -0.3 is 14.4 Å². The van der Waals surface area contributed by atoms with Crippen LogP contribution in [0, 0.1) is 12.7 Å². The maximum Gasteiger partial charge on any atom is 0.339 e. The Labute approximate surface area is 196 Å². The SMILES string of the molecule is COC(=O)C1=C(C(=O)N(Cc2cnccc2C)c2cc(C(=O)OC)c(Cl)cc2F)CCCC1. The highest BCUT2D eigenvalue weighted by Gasteiger charge is 2.31. The zero-order valence-corrected chi connectivity index (χ0v) is 19.4. The van der Waals surface area contributed by atoms with E-state index < -0.39 is 23.7 Å². The van der Waals surface area contributed by atoms with E-state index in [-0.39, 0.29) is 34.0 Å². The molecule has 0 fully saturated rings. The minimum Gasteiger partial charge on any atom is -0.466 e. The summed E-state index contributed by atoms with van der Waals surface area (Å²) in [5, 5.41) is -0.139.